The molecule has 0 atom stereocenters. The van der Waals surface area contributed by atoms with Crippen LogP contribution in [0.5, 0.6) is 0 Å². The maximum absolute atomic E-state index is 11.0. The van der Waals surface area contributed by atoms with Crippen molar-refractivity contribution >= 4 is 53.4 Å². The zero-order chi connectivity index (χ0) is 8.72. The van der Waals surface area contributed by atoms with E-state index in [9.17, 15) is 4.79 Å². The van der Waals surface area contributed by atoms with E-state index in [1.54, 1.807) is 0 Å². The Morgan fingerprint density at radius 2 is 2.08 bits per heavy atom. The Balaban J connectivity index is 2.97. The minimum atomic E-state index is -0.0243. The van der Waals surface area contributed by atoms with Crippen LogP contribution in [0.25, 0.3) is 10.2 Å². The van der Waals surface area contributed by atoms with Crippen LogP contribution in [-0.4, -0.2) is 4.98 Å². The lowest BCUT2D eigenvalue weighted by molar-refractivity contribution is 1.40. The van der Waals surface area contributed by atoms with Crippen molar-refractivity contribution in [1.82, 2.24) is 4.98 Å². The summed E-state index contributed by atoms with van der Waals surface area (Å²) in [6.07, 6.45) is 0. The number of fused-ring (bicyclic) bond motifs is 1. The van der Waals surface area contributed by atoms with Crippen LogP contribution in [0.2, 0.25) is 0 Å². The Labute approximate surface area is 88.9 Å². The number of hydrogen-bond donors (Lipinski definition) is 1. The molecule has 1 N–H and O–H groups in total. The van der Waals surface area contributed by atoms with Crippen LogP contribution >= 0.6 is 43.2 Å². The monoisotopic (exact) mass is 307 g/mol. The lowest BCUT2D eigenvalue weighted by atomic mass is 10.3. The zero-order valence-electron chi connectivity index (χ0n) is 5.73. The number of benzene rings is 1. The maximum atomic E-state index is 11.0. The van der Waals surface area contributed by atoms with E-state index >= 15 is 0 Å². The van der Waals surface area contributed by atoms with Gasteiger partial charge in [-0.15, -0.1) is 0 Å². The predicted octanol–water partition coefficient (Wildman–Crippen LogP) is 3.11. The number of halogens is 2. The van der Waals surface area contributed by atoms with Gasteiger partial charge in [0.15, 0.2) is 0 Å². The van der Waals surface area contributed by atoms with E-state index < -0.39 is 0 Å². The summed E-state index contributed by atoms with van der Waals surface area (Å²) >= 11 is 7.94. The molecule has 5 heteroatoms. The van der Waals surface area contributed by atoms with E-state index in [2.05, 4.69) is 36.8 Å². The molecule has 62 valence electrons. The third-order valence-electron chi connectivity index (χ3n) is 1.44. The third kappa shape index (κ3) is 1.36. The zero-order valence-corrected chi connectivity index (χ0v) is 9.72. The Bertz CT molecular complexity index is 488. The van der Waals surface area contributed by atoms with E-state index in [0.717, 1.165) is 19.2 Å². The largest absolute Gasteiger partial charge is 0.312 e. The van der Waals surface area contributed by atoms with Crippen LogP contribution in [0.1, 0.15) is 0 Å². The van der Waals surface area contributed by atoms with Crippen molar-refractivity contribution in [2.75, 3.05) is 0 Å². The van der Waals surface area contributed by atoms with Crippen molar-refractivity contribution in [2.24, 2.45) is 0 Å². The standard InChI is InChI=1S/C7H3Br2NOS/c8-3-1-4(9)6-5(2-3)10-7(11)12-6/h1-2H,(H,10,11). The van der Waals surface area contributed by atoms with Gasteiger partial charge in [0.1, 0.15) is 0 Å². The van der Waals surface area contributed by atoms with Crippen LogP contribution < -0.4 is 4.87 Å². The Morgan fingerprint density at radius 3 is 2.83 bits per heavy atom. The van der Waals surface area contributed by atoms with Gasteiger partial charge in [-0.1, -0.05) is 27.3 Å². The van der Waals surface area contributed by atoms with Crippen molar-refractivity contribution < 1.29 is 0 Å². The molecule has 1 aromatic carbocycles. The number of aromatic nitrogens is 1. The molecule has 0 saturated carbocycles. The van der Waals surface area contributed by atoms with Gasteiger partial charge >= 0.3 is 4.87 Å². The number of rotatable bonds is 0. The van der Waals surface area contributed by atoms with Gasteiger partial charge in [0.2, 0.25) is 0 Å². The number of hydrogen-bond acceptors (Lipinski definition) is 2. The SMILES string of the molecule is O=c1[nH]c2cc(Br)cc(Br)c2s1. The average Bonchev–Trinajstić information content (AvgIpc) is 2.29. The topological polar surface area (TPSA) is 32.9 Å². The predicted molar refractivity (Wildman–Crippen MR) is 57.8 cm³/mol. The second-order valence-corrected chi connectivity index (χ2v) is 5.03. The molecule has 0 saturated heterocycles. The fourth-order valence-corrected chi connectivity index (χ4v) is 3.18. The van der Waals surface area contributed by atoms with Crippen LogP contribution in [-0.2, 0) is 0 Å². The van der Waals surface area contributed by atoms with E-state index in [4.69, 9.17) is 0 Å². The van der Waals surface area contributed by atoms with Crippen LogP contribution in [0.3, 0.4) is 0 Å². The van der Waals surface area contributed by atoms with Crippen molar-refractivity contribution in [3.05, 3.63) is 30.7 Å². The van der Waals surface area contributed by atoms with Gasteiger partial charge in [0, 0.05) is 8.95 Å². The highest BCUT2D eigenvalue weighted by atomic mass is 79.9. The first-order valence-corrected chi connectivity index (χ1v) is 5.55. The molecule has 0 radical (unpaired) electrons. The minimum Gasteiger partial charge on any atom is -0.312 e. The molecule has 12 heavy (non-hydrogen) atoms. The minimum absolute atomic E-state index is 0.0243. The molecule has 0 bridgehead atoms. The first-order valence-electron chi connectivity index (χ1n) is 3.15. The molecular weight excluding hydrogens is 306 g/mol. The number of thiazole rings is 1. The molecule has 0 aliphatic heterocycles. The smallest absolute Gasteiger partial charge is 0.305 e. The van der Waals surface area contributed by atoms with Gasteiger partial charge in [-0.2, -0.15) is 0 Å². The summed E-state index contributed by atoms with van der Waals surface area (Å²) in [5.41, 5.74) is 0.867. The Kier molecular flexibility index (Phi) is 2.10. The van der Waals surface area contributed by atoms with Crippen molar-refractivity contribution in [3.8, 4) is 0 Å². The summed E-state index contributed by atoms with van der Waals surface area (Å²) in [5.74, 6) is 0. The van der Waals surface area contributed by atoms with E-state index in [0.29, 0.717) is 0 Å². The van der Waals surface area contributed by atoms with Crippen LogP contribution in [0.15, 0.2) is 25.9 Å². The number of aromatic amines is 1. The molecule has 0 unspecified atom stereocenters. The molecule has 2 aromatic rings. The normalized spacial score (nSPS) is 10.8. The lowest BCUT2D eigenvalue weighted by Gasteiger charge is -1.93. The first-order chi connectivity index (χ1) is 5.66. The fraction of sp³-hybridized carbons (Fsp3) is 0. The molecule has 1 aromatic heterocycles. The molecule has 0 fully saturated rings. The molecule has 0 spiro atoms. The summed E-state index contributed by atoms with van der Waals surface area (Å²) in [6, 6.07) is 3.81. The number of nitrogens with one attached hydrogen (secondary N) is 1. The molecule has 1 heterocycles. The third-order valence-corrected chi connectivity index (χ3v) is 3.72. The summed E-state index contributed by atoms with van der Waals surface area (Å²) in [7, 11) is 0. The van der Waals surface area contributed by atoms with Gasteiger partial charge in [0.25, 0.3) is 0 Å². The summed E-state index contributed by atoms with van der Waals surface area (Å²) in [5, 5.41) is 0. The van der Waals surface area contributed by atoms with Gasteiger partial charge in [0.05, 0.1) is 10.2 Å². The molecule has 2 rings (SSSR count). The highest BCUT2D eigenvalue weighted by molar-refractivity contribution is 9.11. The molecule has 0 amide bonds. The van der Waals surface area contributed by atoms with Crippen molar-refractivity contribution in [3.63, 3.8) is 0 Å². The highest BCUT2D eigenvalue weighted by Gasteiger charge is 2.03. The first kappa shape index (κ1) is 8.47. The molecule has 0 aliphatic rings. The summed E-state index contributed by atoms with van der Waals surface area (Å²) in [4.78, 5) is 13.7. The van der Waals surface area contributed by atoms with E-state index in [1.165, 1.54) is 11.3 Å². The highest BCUT2D eigenvalue weighted by Crippen LogP contribution is 2.28. The van der Waals surface area contributed by atoms with Crippen LogP contribution in [0.4, 0.5) is 0 Å². The van der Waals surface area contributed by atoms with Gasteiger partial charge in [-0.05, 0) is 28.1 Å². The second kappa shape index (κ2) is 2.97. The van der Waals surface area contributed by atoms with E-state index in [-0.39, 0.29) is 4.87 Å². The quantitative estimate of drug-likeness (QED) is 0.797. The Morgan fingerprint density at radius 1 is 1.33 bits per heavy atom. The summed E-state index contributed by atoms with van der Waals surface area (Å²) < 4.78 is 2.86. The molecular formula is C7H3Br2NOS. The average molecular weight is 309 g/mol. The maximum Gasteiger partial charge on any atom is 0.305 e. The second-order valence-electron chi connectivity index (χ2n) is 2.28. The van der Waals surface area contributed by atoms with Gasteiger partial charge in [-0.3, -0.25) is 4.79 Å². The van der Waals surface area contributed by atoms with Crippen molar-refractivity contribution in [2.45, 2.75) is 0 Å². The summed E-state index contributed by atoms with van der Waals surface area (Å²) in [6.45, 7) is 0. The number of H-pyrrole nitrogens is 1. The lowest BCUT2D eigenvalue weighted by Crippen LogP contribution is -1.89. The van der Waals surface area contributed by atoms with Gasteiger partial charge in [-0.25, -0.2) is 0 Å². The van der Waals surface area contributed by atoms with Gasteiger partial charge < -0.3 is 4.98 Å². The van der Waals surface area contributed by atoms with E-state index in [1.807, 2.05) is 12.1 Å². The fourth-order valence-electron chi connectivity index (χ4n) is 0.985. The molecule has 0 aliphatic carbocycles. The van der Waals surface area contributed by atoms with Crippen molar-refractivity contribution in [1.29, 1.82) is 0 Å². The van der Waals surface area contributed by atoms with Crippen LogP contribution in [0, 0.1) is 0 Å². The molecule has 2 nitrogen and oxygen atoms in total. The Hall–Kier alpha value is -0.130.